The zero-order valence-electron chi connectivity index (χ0n) is 14.8. The molecule has 0 rings (SSSR count). The molecule has 10 heteroatoms. The Balaban J connectivity index is -0.0000000399. The normalized spacial score (nSPS) is 6.73. The largest absolute Gasteiger partial charge is 1.00 e. The van der Waals surface area contributed by atoms with Crippen LogP contribution < -0.4 is 40.6 Å². The third-order valence-electron chi connectivity index (χ3n) is 1.15. The minimum Gasteiger partial charge on any atom is -0.870 e. The van der Waals surface area contributed by atoms with Crippen LogP contribution in [0, 0.1) is 0 Å². The van der Waals surface area contributed by atoms with Crippen molar-refractivity contribution in [3.05, 3.63) is 0 Å². The smallest absolute Gasteiger partial charge is 0.870 e. The molecule has 0 aliphatic rings. The summed E-state index contributed by atoms with van der Waals surface area (Å²) in [6.07, 6.45) is -0.373. The van der Waals surface area contributed by atoms with Crippen molar-refractivity contribution >= 4 is 23.1 Å². The van der Waals surface area contributed by atoms with Crippen LogP contribution in [0.4, 0.5) is 9.59 Å². The van der Waals surface area contributed by atoms with Crippen LogP contribution in [0.5, 0.6) is 0 Å². The SMILES string of the molecule is CCOC(=O)Cl.CCOC(=O)NC.CCOCC.CN.[Na+].[OH-]. The van der Waals surface area contributed by atoms with E-state index in [1.165, 1.54) is 14.1 Å². The second-order valence-electron chi connectivity index (χ2n) is 2.42. The van der Waals surface area contributed by atoms with E-state index < -0.39 is 5.43 Å². The van der Waals surface area contributed by atoms with E-state index >= 15 is 0 Å². The maximum Gasteiger partial charge on any atom is 1.00 e. The molecule has 132 valence electrons. The molecule has 0 bridgehead atoms. The molecule has 0 aliphatic carbocycles. The van der Waals surface area contributed by atoms with Gasteiger partial charge in [-0.1, -0.05) is 0 Å². The number of nitrogens with one attached hydrogen (secondary N) is 1. The number of amides is 1. The Labute approximate surface area is 161 Å². The fourth-order valence-electron chi connectivity index (χ4n) is 0.521. The maximum atomic E-state index is 10.1. The van der Waals surface area contributed by atoms with Crippen LogP contribution in [0.1, 0.15) is 27.7 Å². The van der Waals surface area contributed by atoms with Gasteiger partial charge in [0.15, 0.2) is 0 Å². The number of carbonyl (C=O) groups is 2. The van der Waals surface area contributed by atoms with Crippen LogP contribution >= 0.6 is 11.6 Å². The zero-order chi connectivity index (χ0) is 16.8. The summed E-state index contributed by atoms with van der Waals surface area (Å²) in [7, 11) is 3.03. The maximum absolute atomic E-state index is 10.1. The van der Waals surface area contributed by atoms with Gasteiger partial charge in [-0.05, 0) is 34.7 Å². The predicted octanol–water partition coefficient (Wildman–Crippen LogP) is -0.811. The second-order valence-corrected chi connectivity index (χ2v) is 2.73. The minimum absolute atomic E-state index is 0. The summed E-state index contributed by atoms with van der Waals surface area (Å²) >= 11 is 4.72. The number of ether oxygens (including phenoxy) is 3. The van der Waals surface area contributed by atoms with Crippen molar-refractivity contribution in [2.75, 3.05) is 40.5 Å². The Morgan fingerprint density at radius 2 is 1.32 bits per heavy atom. The first-order valence-electron chi connectivity index (χ1n) is 6.32. The topological polar surface area (TPSA) is 130 Å². The Kier molecular flexibility index (Phi) is 73.7. The molecule has 0 atom stereocenters. The van der Waals surface area contributed by atoms with E-state index in [9.17, 15) is 9.59 Å². The molecule has 0 saturated carbocycles. The van der Waals surface area contributed by atoms with Crippen molar-refractivity contribution in [1.82, 2.24) is 5.32 Å². The third-order valence-corrected chi connectivity index (χ3v) is 1.25. The molecule has 0 saturated heterocycles. The van der Waals surface area contributed by atoms with Crippen LogP contribution in [-0.4, -0.2) is 57.5 Å². The Morgan fingerprint density at radius 1 is 0.955 bits per heavy atom. The van der Waals surface area contributed by atoms with E-state index in [4.69, 9.17) is 16.3 Å². The van der Waals surface area contributed by atoms with Crippen LogP contribution in [0.3, 0.4) is 0 Å². The molecule has 0 radical (unpaired) electrons. The standard InChI is InChI=1S/C4H9NO2.C4H10O.C3H5ClO2.CH5N.Na.H2O/c1-3-7-4(6)5-2;1-3-5-4-2;1-2-6-3(4)5;1-2;;/h3H2,1-2H3,(H,5,6);3-4H2,1-2H3;2H2,1H3;2H2,1H3;;1H2/q;;;;+1;/p-1. The molecular formula is C12H30ClN2NaO6. The van der Waals surface area contributed by atoms with Gasteiger partial charge in [0, 0.05) is 31.9 Å². The van der Waals surface area contributed by atoms with Crippen LogP contribution in [0.2, 0.25) is 0 Å². The van der Waals surface area contributed by atoms with Gasteiger partial charge in [0.2, 0.25) is 0 Å². The molecule has 0 aromatic rings. The molecule has 4 N–H and O–H groups in total. The molecule has 0 aliphatic heterocycles. The molecule has 0 spiro atoms. The van der Waals surface area contributed by atoms with Crippen molar-refractivity contribution in [2.45, 2.75) is 27.7 Å². The van der Waals surface area contributed by atoms with Crippen LogP contribution in [0.15, 0.2) is 0 Å². The molecule has 0 fully saturated rings. The molecule has 0 aromatic heterocycles. The van der Waals surface area contributed by atoms with E-state index in [0.717, 1.165) is 13.2 Å². The van der Waals surface area contributed by atoms with Crippen LogP contribution in [0.25, 0.3) is 0 Å². The number of nitrogens with two attached hydrogens (primary N) is 1. The summed E-state index contributed by atoms with van der Waals surface area (Å²) in [4.78, 5) is 19.7. The zero-order valence-corrected chi connectivity index (χ0v) is 17.5. The second kappa shape index (κ2) is 42.8. The number of carbonyl (C=O) groups excluding carboxylic acids is 2. The summed E-state index contributed by atoms with van der Waals surface area (Å²) in [5.41, 5.74) is 3.76. The van der Waals surface area contributed by atoms with Gasteiger partial charge in [-0.25, -0.2) is 9.59 Å². The van der Waals surface area contributed by atoms with E-state index in [1.54, 1.807) is 13.8 Å². The molecule has 8 nitrogen and oxygen atoms in total. The monoisotopic (exact) mass is 356 g/mol. The number of hydrogen-bond acceptors (Lipinski definition) is 7. The van der Waals surface area contributed by atoms with Crippen molar-refractivity contribution in [3.8, 4) is 0 Å². The van der Waals surface area contributed by atoms with Gasteiger partial charge >= 0.3 is 41.1 Å². The first-order chi connectivity index (χ1) is 9.49. The predicted molar refractivity (Wildman–Crippen MR) is 83.2 cm³/mol. The van der Waals surface area contributed by atoms with E-state index in [-0.39, 0.29) is 41.1 Å². The summed E-state index contributed by atoms with van der Waals surface area (Å²) in [6, 6.07) is 0. The number of hydrogen-bond donors (Lipinski definition) is 2. The first-order valence-corrected chi connectivity index (χ1v) is 6.69. The fraction of sp³-hybridized carbons (Fsp3) is 0.833. The van der Waals surface area contributed by atoms with Crippen molar-refractivity contribution in [3.63, 3.8) is 0 Å². The average molecular weight is 357 g/mol. The molecule has 0 aromatic carbocycles. The van der Waals surface area contributed by atoms with Gasteiger partial charge in [-0.2, -0.15) is 0 Å². The summed E-state index contributed by atoms with van der Waals surface area (Å²) in [6.45, 7) is 9.90. The first kappa shape index (κ1) is 37.8. The van der Waals surface area contributed by atoms with Crippen molar-refractivity contribution < 1.29 is 58.8 Å². The Morgan fingerprint density at radius 3 is 1.36 bits per heavy atom. The van der Waals surface area contributed by atoms with Gasteiger partial charge < -0.3 is 30.7 Å². The van der Waals surface area contributed by atoms with E-state index in [2.05, 4.69) is 20.5 Å². The molecule has 0 heterocycles. The quantitative estimate of drug-likeness (QED) is 0.497. The Hall–Kier alpha value is -0.0900. The molecular weight excluding hydrogens is 327 g/mol. The Bertz CT molecular complexity index is 200. The van der Waals surface area contributed by atoms with Gasteiger partial charge in [-0.3, -0.25) is 0 Å². The summed E-state index contributed by atoms with van der Waals surface area (Å²) < 4.78 is 13.4. The number of halogens is 1. The fourth-order valence-corrected chi connectivity index (χ4v) is 0.630. The average Bonchev–Trinajstić information content (AvgIpc) is 2.43. The van der Waals surface area contributed by atoms with Gasteiger partial charge in [0.1, 0.15) is 0 Å². The number of rotatable bonds is 4. The van der Waals surface area contributed by atoms with Crippen LogP contribution in [-0.2, 0) is 14.2 Å². The van der Waals surface area contributed by atoms with Gasteiger partial charge in [0.25, 0.3) is 0 Å². The van der Waals surface area contributed by atoms with Crippen molar-refractivity contribution in [2.24, 2.45) is 5.73 Å². The minimum atomic E-state index is -0.738. The summed E-state index contributed by atoms with van der Waals surface area (Å²) in [5.74, 6) is 0. The molecule has 1 amide bonds. The van der Waals surface area contributed by atoms with E-state index in [1.807, 2.05) is 13.8 Å². The molecule has 22 heavy (non-hydrogen) atoms. The molecule has 0 unspecified atom stereocenters. The third kappa shape index (κ3) is 72.5. The summed E-state index contributed by atoms with van der Waals surface area (Å²) in [5, 5.41) is 2.30. The van der Waals surface area contributed by atoms with Gasteiger partial charge in [0.05, 0.1) is 13.2 Å². The van der Waals surface area contributed by atoms with Gasteiger partial charge in [-0.15, -0.1) is 0 Å². The van der Waals surface area contributed by atoms with E-state index in [0.29, 0.717) is 13.2 Å². The van der Waals surface area contributed by atoms with Crippen molar-refractivity contribution in [1.29, 1.82) is 0 Å². The number of alkyl carbamates (subject to hydrolysis) is 1.